The summed E-state index contributed by atoms with van der Waals surface area (Å²) >= 11 is 5.85. The summed E-state index contributed by atoms with van der Waals surface area (Å²) in [5, 5.41) is -0.599. The van der Waals surface area contributed by atoms with Crippen LogP contribution in [0.2, 0.25) is 0 Å². The molecule has 21 heavy (non-hydrogen) atoms. The van der Waals surface area contributed by atoms with Gasteiger partial charge in [0.25, 0.3) is 5.91 Å². The Morgan fingerprint density at radius 3 is 2.81 bits per heavy atom. The maximum atomic E-state index is 12.1. The topological polar surface area (TPSA) is 49.9 Å². The normalized spacial score (nSPS) is 15.7. The molecule has 0 bridgehead atoms. The third-order valence-electron chi connectivity index (χ3n) is 3.32. The molecule has 2 rings (SSSR count). The molecule has 1 aliphatic rings. The summed E-state index contributed by atoms with van der Waals surface area (Å²) in [4.78, 5) is 27.7. The number of ketones is 1. The molecule has 1 aliphatic heterocycles. The van der Waals surface area contributed by atoms with Crippen LogP contribution in [0.5, 0.6) is 5.75 Å². The fourth-order valence-corrected chi connectivity index (χ4v) is 2.26. The summed E-state index contributed by atoms with van der Waals surface area (Å²) in [5.74, 6) is 0.352. The zero-order chi connectivity index (χ0) is 15.6. The van der Waals surface area contributed by atoms with E-state index in [2.05, 4.69) is 0 Å². The van der Waals surface area contributed by atoms with Gasteiger partial charge in [-0.1, -0.05) is 0 Å². The molecule has 0 saturated heterocycles. The number of likely N-dealkylation sites (N-methyl/N-ethyl adjacent to an activating group) is 1. The van der Waals surface area contributed by atoms with Crippen molar-refractivity contribution in [3.05, 3.63) is 23.8 Å². The highest BCUT2D eigenvalue weighted by Crippen LogP contribution is 2.33. The minimum absolute atomic E-state index is 0.0274. The Kier molecular flexibility index (Phi) is 4.85. The summed E-state index contributed by atoms with van der Waals surface area (Å²) in [5.41, 5.74) is 1.13. The van der Waals surface area contributed by atoms with Gasteiger partial charge in [0, 0.05) is 18.7 Å². The largest absolute Gasteiger partial charge is 0.482 e. The number of benzene rings is 1. The number of alkyl halides is 1. The number of carbonyl (C=O) groups excluding carboxylic acids is 2. The summed E-state index contributed by atoms with van der Waals surface area (Å²) < 4.78 is 5.42. The molecule has 0 saturated carbocycles. The standard InChI is InChI=1S/C15H19ClN2O3/c1-10(16)15(20)11-4-5-13-12(8-11)18(7-6-17(2)3)14(19)9-21-13/h4-5,8,10H,6-7,9H2,1-3H3. The molecule has 1 heterocycles. The maximum Gasteiger partial charge on any atom is 0.265 e. The van der Waals surface area contributed by atoms with E-state index in [1.165, 1.54) is 0 Å². The van der Waals surface area contributed by atoms with Gasteiger partial charge in [0.1, 0.15) is 5.75 Å². The van der Waals surface area contributed by atoms with Gasteiger partial charge in [-0.05, 0) is 39.2 Å². The molecule has 0 N–H and O–H groups in total. The Morgan fingerprint density at radius 1 is 1.48 bits per heavy atom. The van der Waals surface area contributed by atoms with Gasteiger partial charge in [-0.25, -0.2) is 0 Å². The van der Waals surface area contributed by atoms with E-state index in [1.54, 1.807) is 30.0 Å². The van der Waals surface area contributed by atoms with E-state index in [1.807, 2.05) is 19.0 Å². The molecule has 1 aromatic rings. The van der Waals surface area contributed by atoms with E-state index >= 15 is 0 Å². The number of halogens is 1. The summed E-state index contributed by atoms with van der Waals surface area (Å²) in [6.45, 7) is 2.94. The molecule has 1 atom stereocenters. The van der Waals surface area contributed by atoms with Gasteiger partial charge in [0.05, 0.1) is 11.1 Å². The zero-order valence-electron chi connectivity index (χ0n) is 12.4. The first-order valence-corrected chi connectivity index (χ1v) is 7.24. The number of nitrogens with zero attached hydrogens (tertiary/aromatic N) is 2. The molecule has 0 radical (unpaired) electrons. The van der Waals surface area contributed by atoms with Crippen LogP contribution in [0.4, 0.5) is 5.69 Å². The Balaban J connectivity index is 2.33. The number of amides is 1. The number of ether oxygens (including phenoxy) is 1. The van der Waals surface area contributed by atoms with Gasteiger partial charge in [-0.3, -0.25) is 9.59 Å². The second-order valence-corrected chi connectivity index (χ2v) is 5.95. The van der Waals surface area contributed by atoms with E-state index in [9.17, 15) is 9.59 Å². The van der Waals surface area contributed by atoms with Crippen molar-refractivity contribution in [1.29, 1.82) is 0 Å². The lowest BCUT2D eigenvalue weighted by molar-refractivity contribution is -0.121. The van der Waals surface area contributed by atoms with E-state index < -0.39 is 5.38 Å². The van der Waals surface area contributed by atoms with Crippen molar-refractivity contribution in [1.82, 2.24) is 4.90 Å². The summed E-state index contributed by atoms with van der Waals surface area (Å²) in [6.07, 6.45) is 0. The number of rotatable bonds is 5. The minimum atomic E-state index is -0.599. The van der Waals surface area contributed by atoms with Gasteiger partial charge in [0.15, 0.2) is 12.4 Å². The molecular weight excluding hydrogens is 292 g/mol. The fourth-order valence-electron chi connectivity index (χ4n) is 2.13. The minimum Gasteiger partial charge on any atom is -0.482 e. The molecular formula is C15H19ClN2O3. The first kappa shape index (κ1) is 15.8. The first-order valence-electron chi connectivity index (χ1n) is 6.80. The highest BCUT2D eigenvalue weighted by Gasteiger charge is 2.26. The molecule has 6 heteroatoms. The SMILES string of the molecule is CC(Cl)C(=O)c1ccc2c(c1)N(CCN(C)C)C(=O)CO2. The molecule has 5 nitrogen and oxygen atoms in total. The van der Waals surface area contributed by atoms with Crippen molar-refractivity contribution in [3.8, 4) is 5.75 Å². The van der Waals surface area contributed by atoms with E-state index in [4.69, 9.17) is 16.3 Å². The van der Waals surface area contributed by atoms with E-state index in [0.29, 0.717) is 23.5 Å². The average molecular weight is 311 g/mol. The smallest absolute Gasteiger partial charge is 0.265 e. The number of hydrogen-bond acceptors (Lipinski definition) is 4. The van der Waals surface area contributed by atoms with Crippen LogP contribution in [0.1, 0.15) is 17.3 Å². The van der Waals surface area contributed by atoms with Crippen LogP contribution in [0.15, 0.2) is 18.2 Å². The second kappa shape index (κ2) is 6.45. The van der Waals surface area contributed by atoms with Gasteiger partial charge >= 0.3 is 0 Å². The van der Waals surface area contributed by atoms with Crippen LogP contribution in [-0.2, 0) is 4.79 Å². The van der Waals surface area contributed by atoms with Gasteiger partial charge in [-0.15, -0.1) is 11.6 Å². The summed E-state index contributed by atoms with van der Waals surface area (Å²) in [6, 6.07) is 5.08. The Bertz CT molecular complexity index is 558. The predicted octanol–water partition coefficient (Wildman–Crippen LogP) is 1.78. The lowest BCUT2D eigenvalue weighted by atomic mass is 10.1. The number of hydrogen-bond donors (Lipinski definition) is 0. The lowest BCUT2D eigenvalue weighted by Crippen LogP contribution is -2.42. The third kappa shape index (κ3) is 3.54. The van der Waals surface area contributed by atoms with Crippen LogP contribution in [-0.4, -0.2) is 55.8 Å². The van der Waals surface area contributed by atoms with Crippen molar-refractivity contribution in [3.63, 3.8) is 0 Å². The molecule has 0 aromatic heterocycles. The van der Waals surface area contributed by atoms with Gasteiger partial charge in [0.2, 0.25) is 0 Å². The molecule has 114 valence electrons. The van der Waals surface area contributed by atoms with Crippen LogP contribution in [0.25, 0.3) is 0 Å². The average Bonchev–Trinajstić information content (AvgIpc) is 2.44. The monoisotopic (exact) mass is 310 g/mol. The van der Waals surface area contributed by atoms with Gasteiger partial charge < -0.3 is 14.5 Å². The lowest BCUT2D eigenvalue weighted by Gasteiger charge is -2.30. The van der Waals surface area contributed by atoms with Gasteiger partial charge in [-0.2, -0.15) is 0 Å². The zero-order valence-corrected chi connectivity index (χ0v) is 13.2. The van der Waals surface area contributed by atoms with Crippen molar-refractivity contribution in [2.75, 3.05) is 38.7 Å². The summed E-state index contributed by atoms with van der Waals surface area (Å²) in [7, 11) is 3.89. The van der Waals surface area contributed by atoms with E-state index in [0.717, 1.165) is 6.54 Å². The molecule has 1 amide bonds. The molecule has 1 unspecified atom stereocenters. The quantitative estimate of drug-likeness (QED) is 0.614. The second-order valence-electron chi connectivity index (χ2n) is 5.30. The Labute approximate surface area is 129 Å². The van der Waals surface area contributed by atoms with Crippen molar-refractivity contribution in [2.24, 2.45) is 0 Å². The number of carbonyl (C=O) groups is 2. The highest BCUT2D eigenvalue weighted by atomic mass is 35.5. The Morgan fingerprint density at radius 2 is 2.19 bits per heavy atom. The van der Waals surface area contributed by atoms with Crippen LogP contribution in [0.3, 0.4) is 0 Å². The molecule has 1 aromatic carbocycles. The fraction of sp³-hybridized carbons (Fsp3) is 0.467. The number of Topliss-reactive ketones (excluding diaryl/α,β-unsaturated/α-hetero) is 1. The van der Waals surface area contributed by atoms with Crippen molar-refractivity contribution in [2.45, 2.75) is 12.3 Å². The number of fused-ring (bicyclic) bond motifs is 1. The maximum absolute atomic E-state index is 12.1. The Hall–Kier alpha value is -1.59. The van der Waals surface area contributed by atoms with Crippen LogP contribution < -0.4 is 9.64 Å². The predicted molar refractivity (Wildman–Crippen MR) is 82.5 cm³/mol. The molecule has 0 spiro atoms. The third-order valence-corrected chi connectivity index (χ3v) is 3.52. The molecule has 0 aliphatic carbocycles. The highest BCUT2D eigenvalue weighted by molar-refractivity contribution is 6.33. The van der Waals surface area contributed by atoms with Crippen LogP contribution >= 0.6 is 11.6 Å². The van der Waals surface area contributed by atoms with E-state index in [-0.39, 0.29) is 18.3 Å². The number of anilines is 1. The van der Waals surface area contributed by atoms with Crippen molar-refractivity contribution >= 4 is 29.0 Å². The first-order chi connectivity index (χ1) is 9.90. The van der Waals surface area contributed by atoms with Crippen LogP contribution in [0, 0.1) is 0 Å². The molecule has 0 fully saturated rings. The van der Waals surface area contributed by atoms with Crippen molar-refractivity contribution < 1.29 is 14.3 Å².